The maximum absolute atomic E-state index is 12.6. The number of imidazole rings is 1. The van der Waals surface area contributed by atoms with Gasteiger partial charge in [0.15, 0.2) is 11.4 Å². The lowest BCUT2D eigenvalue weighted by Crippen LogP contribution is -2.07. The second-order valence-corrected chi connectivity index (χ2v) is 9.98. The molecule has 6 heteroatoms. The summed E-state index contributed by atoms with van der Waals surface area (Å²) in [6.07, 6.45) is 16.1. The molecule has 0 unspecified atom stereocenters. The van der Waals surface area contributed by atoms with Crippen molar-refractivity contribution in [3.05, 3.63) is 36.3 Å². The summed E-state index contributed by atoms with van der Waals surface area (Å²) in [4.78, 5) is 22.8. The fourth-order valence-corrected chi connectivity index (χ4v) is 4.96. The molecule has 1 aromatic carbocycles. The zero-order chi connectivity index (χ0) is 25.3. The van der Waals surface area contributed by atoms with Crippen LogP contribution < -0.4 is 4.74 Å². The third-order valence-electron chi connectivity index (χ3n) is 7.01. The summed E-state index contributed by atoms with van der Waals surface area (Å²) >= 11 is 0. The van der Waals surface area contributed by atoms with Gasteiger partial charge in [-0.15, -0.1) is 0 Å². The van der Waals surface area contributed by atoms with Crippen molar-refractivity contribution in [1.82, 2.24) is 18.9 Å². The predicted octanol–water partition coefficient (Wildman–Crippen LogP) is 8.03. The first-order valence-electron chi connectivity index (χ1n) is 14.2. The fourth-order valence-electron chi connectivity index (χ4n) is 4.96. The monoisotopic (exact) mass is 490 g/mol. The van der Waals surface area contributed by atoms with Gasteiger partial charge in [0.25, 0.3) is 0 Å². The molecule has 0 fully saturated rings. The minimum Gasteiger partial charge on any atom is -0.424 e. The molecule has 4 aromatic rings. The molecule has 194 valence electrons. The summed E-state index contributed by atoms with van der Waals surface area (Å²) in [6.45, 7) is 7.42. The summed E-state index contributed by atoms with van der Waals surface area (Å²) in [5.74, 6) is 1.43. The second kappa shape index (κ2) is 12.9. The van der Waals surface area contributed by atoms with Gasteiger partial charge in [0, 0.05) is 25.6 Å². The number of aromatic nitrogens is 4. The molecule has 0 atom stereocenters. The van der Waals surface area contributed by atoms with Crippen molar-refractivity contribution in [2.45, 2.75) is 111 Å². The molecule has 0 radical (unpaired) electrons. The van der Waals surface area contributed by atoms with Crippen LogP contribution in [0.1, 0.15) is 104 Å². The van der Waals surface area contributed by atoms with E-state index in [2.05, 4.69) is 35.8 Å². The van der Waals surface area contributed by atoms with Crippen molar-refractivity contribution in [3.63, 3.8) is 0 Å². The van der Waals surface area contributed by atoms with Crippen molar-refractivity contribution in [3.8, 4) is 5.75 Å². The average Bonchev–Trinajstić information content (AvgIpc) is 3.43. The Morgan fingerprint density at radius 3 is 2.33 bits per heavy atom. The van der Waals surface area contributed by atoms with Gasteiger partial charge < -0.3 is 9.30 Å². The van der Waals surface area contributed by atoms with E-state index in [0.29, 0.717) is 12.2 Å². The predicted molar refractivity (Wildman–Crippen MR) is 148 cm³/mol. The summed E-state index contributed by atoms with van der Waals surface area (Å²) in [5.41, 5.74) is 3.71. The summed E-state index contributed by atoms with van der Waals surface area (Å²) in [5, 5.41) is 0.847. The Balaban J connectivity index is 1.74. The molecular formula is C30H42N4O2. The summed E-state index contributed by atoms with van der Waals surface area (Å²) in [7, 11) is 0. The number of carbonyl (C=O) groups excluding carboxylic acids is 1. The van der Waals surface area contributed by atoms with E-state index in [1.165, 1.54) is 38.5 Å². The Bertz CT molecular complexity index is 1290. The van der Waals surface area contributed by atoms with Gasteiger partial charge in [-0.2, -0.15) is 0 Å². The van der Waals surface area contributed by atoms with Crippen molar-refractivity contribution in [2.24, 2.45) is 0 Å². The zero-order valence-electron chi connectivity index (χ0n) is 22.4. The number of hydrogen-bond donors (Lipinski definition) is 0. The average molecular weight is 491 g/mol. The number of unbranched alkanes of at least 4 members (excludes halogenated alkanes) is 8. The van der Waals surface area contributed by atoms with Gasteiger partial charge in [-0.3, -0.25) is 9.20 Å². The fraction of sp³-hybridized carbons (Fsp3) is 0.567. The van der Waals surface area contributed by atoms with Gasteiger partial charge >= 0.3 is 5.97 Å². The first-order valence-corrected chi connectivity index (χ1v) is 14.2. The maximum Gasteiger partial charge on any atom is 0.311 e. The summed E-state index contributed by atoms with van der Waals surface area (Å²) < 4.78 is 10.3. The van der Waals surface area contributed by atoms with Gasteiger partial charge in [-0.25, -0.2) is 9.97 Å². The van der Waals surface area contributed by atoms with E-state index >= 15 is 0 Å². The number of nitrogens with zero attached hydrogens (tertiary/aromatic N) is 4. The highest BCUT2D eigenvalue weighted by atomic mass is 16.5. The SMILES string of the molecule is CCCCCCCCCn1cc(OC(=O)CCCC)c2c1nc(CCCC)n1c3ccccc3nc21. The van der Waals surface area contributed by atoms with Crippen LogP contribution in [-0.4, -0.2) is 24.9 Å². The Hall–Kier alpha value is -2.89. The highest BCUT2D eigenvalue weighted by Crippen LogP contribution is 2.34. The van der Waals surface area contributed by atoms with Gasteiger partial charge in [-0.1, -0.05) is 84.3 Å². The van der Waals surface area contributed by atoms with Crippen LogP contribution in [0.5, 0.6) is 5.75 Å². The Morgan fingerprint density at radius 2 is 1.56 bits per heavy atom. The zero-order valence-corrected chi connectivity index (χ0v) is 22.4. The smallest absolute Gasteiger partial charge is 0.311 e. The molecule has 0 aliphatic heterocycles. The van der Waals surface area contributed by atoms with E-state index < -0.39 is 0 Å². The van der Waals surface area contributed by atoms with Crippen LogP contribution in [0.3, 0.4) is 0 Å². The van der Waals surface area contributed by atoms with Gasteiger partial charge in [0.2, 0.25) is 0 Å². The first-order chi connectivity index (χ1) is 17.7. The van der Waals surface area contributed by atoms with E-state index in [4.69, 9.17) is 14.7 Å². The quantitative estimate of drug-likeness (QED) is 0.125. The highest BCUT2D eigenvalue weighted by molar-refractivity contribution is 6.00. The van der Waals surface area contributed by atoms with Gasteiger partial charge in [0.05, 0.1) is 11.0 Å². The number of para-hydroxylation sites is 2. The van der Waals surface area contributed by atoms with E-state index in [9.17, 15) is 4.79 Å². The number of rotatable bonds is 15. The Kier molecular flexibility index (Phi) is 9.37. The minimum atomic E-state index is -0.184. The molecule has 0 saturated heterocycles. The molecule has 0 bridgehead atoms. The Labute approximate surface area is 215 Å². The first kappa shape index (κ1) is 26.2. The van der Waals surface area contributed by atoms with Crippen LogP contribution in [0.25, 0.3) is 27.7 Å². The number of fused-ring (bicyclic) bond motifs is 5. The van der Waals surface area contributed by atoms with E-state index in [1.807, 2.05) is 24.4 Å². The van der Waals surface area contributed by atoms with E-state index in [-0.39, 0.29) is 5.97 Å². The van der Waals surface area contributed by atoms with Crippen LogP contribution >= 0.6 is 0 Å². The lowest BCUT2D eigenvalue weighted by molar-refractivity contribution is -0.134. The molecule has 0 saturated carbocycles. The topological polar surface area (TPSA) is 61.4 Å². The molecule has 0 aliphatic carbocycles. The van der Waals surface area contributed by atoms with E-state index in [1.54, 1.807) is 0 Å². The van der Waals surface area contributed by atoms with Crippen LogP contribution in [0, 0.1) is 0 Å². The molecule has 4 rings (SSSR count). The third-order valence-corrected chi connectivity index (χ3v) is 7.01. The molecule has 36 heavy (non-hydrogen) atoms. The van der Waals surface area contributed by atoms with Crippen molar-refractivity contribution >= 4 is 33.7 Å². The summed E-state index contributed by atoms with van der Waals surface area (Å²) in [6, 6.07) is 8.20. The van der Waals surface area contributed by atoms with Crippen LogP contribution in [-0.2, 0) is 17.8 Å². The lowest BCUT2D eigenvalue weighted by Gasteiger charge is -2.09. The molecule has 3 aromatic heterocycles. The molecule has 6 nitrogen and oxygen atoms in total. The lowest BCUT2D eigenvalue weighted by atomic mass is 10.1. The second-order valence-electron chi connectivity index (χ2n) is 9.98. The molecule has 0 spiro atoms. The highest BCUT2D eigenvalue weighted by Gasteiger charge is 2.22. The number of hydrogen-bond acceptors (Lipinski definition) is 4. The van der Waals surface area contributed by atoms with Crippen molar-refractivity contribution < 1.29 is 9.53 Å². The van der Waals surface area contributed by atoms with E-state index in [0.717, 1.165) is 78.6 Å². The largest absolute Gasteiger partial charge is 0.424 e. The number of aryl methyl sites for hydroxylation is 2. The van der Waals surface area contributed by atoms with Gasteiger partial charge in [0.1, 0.15) is 16.9 Å². The van der Waals surface area contributed by atoms with Gasteiger partial charge in [-0.05, 0) is 31.4 Å². The minimum absolute atomic E-state index is 0.184. The molecule has 0 N–H and O–H groups in total. The maximum atomic E-state index is 12.6. The Morgan fingerprint density at radius 1 is 0.833 bits per heavy atom. The van der Waals surface area contributed by atoms with Crippen molar-refractivity contribution in [2.75, 3.05) is 0 Å². The van der Waals surface area contributed by atoms with Crippen molar-refractivity contribution in [1.29, 1.82) is 0 Å². The third kappa shape index (κ3) is 5.91. The number of esters is 1. The van der Waals surface area contributed by atoms with Crippen LogP contribution in [0.2, 0.25) is 0 Å². The number of ether oxygens (including phenoxy) is 1. The van der Waals surface area contributed by atoms with Crippen LogP contribution in [0.4, 0.5) is 0 Å². The standard InChI is InChI=1S/C30H42N4O2/c1-4-7-10-11-12-13-16-21-33-22-25(36-27(35)20-9-6-3)28-29(33)32-26(19-8-5-2)34-24-18-15-14-17-23(24)31-30(28)34/h14-15,17-18,22H,4-13,16,19-21H2,1-3H3. The molecule has 0 amide bonds. The molecular weight excluding hydrogens is 448 g/mol. The normalized spacial score (nSPS) is 11.8. The number of benzene rings is 1. The molecule has 0 aliphatic rings. The van der Waals surface area contributed by atoms with Crippen LogP contribution in [0.15, 0.2) is 30.5 Å². The number of carbonyl (C=O) groups is 1. The molecule has 3 heterocycles.